The molecule has 22 heavy (non-hydrogen) atoms. The van der Waals surface area contributed by atoms with E-state index in [4.69, 9.17) is 4.74 Å². The van der Waals surface area contributed by atoms with Crippen molar-refractivity contribution in [2.45, 2.75) is 31.8 Å². The maximum absolute atomic E-state index is 12.6. The summed E-state index contributed by atoms with van der Waals surface area (Å²) < 4.78 is 5.89. The summed E-state index contributed by atoms with van der Waals surface area (Å²) >= 11 is 0. The molecule has 2 aliphatic heterocycles. The van der Waals surface area contributed by atoms with Crippen LogP contribution in [0, 0.1) is 5.92 Å². The molecule has 3 heterocycles. The number of rotatable bonds is 3. The van der Waals surface area contributed by atoms with E-state index in [9.17, 15) is 4.79 Å². The highest BCUT2D eigenvalue weighted by Gasteiger charge is 2.31. The Kier molecular flexibility index (Phi) is 4.93. The number of hydrogen-bond donors (Lipinski definition) is 0. The predicted octanol–water partition coefficient (Wildman–Crippen LogP) is 1.79. The Morgan fingerprint density at radius 1 is 1.23 bits per heavy atom. The quantitative estimate of drug-likeness (QED) is 0.854. The van der Waals surface area contributed by atoms with Gasteiger partial charge in [0.25, 0.3) is 0 Å². The summed E-state index contributed by atoms with van der Waals surface area (Å²) in [4.78, 5) is 21.1. The van der Waals surface area contributed by atoms with Crippen molar-refractivity contribution >= 4 is 5.91 Å². The lowest BCUT2D eigenvalue weighted by atomic mass is 9.95. The number of hydrogen-bond acceptors (Lipinski definition) is 4. The van der Waals surface area contributed by atoms with E-state index in [1.54, 1.807) is 6.20 Å². The molecule has 5 heteroatoms. The molecular weight excluding hydrogens is 278 g/mol. The van der Waals surface area contributed by atoms with Crippen LogP contribution in [0.4, 0.5) is 0 Å². The Labute approximate surface area is 132 Å². The second-order valence-electron chi connectivity index (χ2n) is 6.41. The molecule has 1 aromatic rings. The van der Waals surface area contributed by atoms with Crippen molar-refractivity contribution in [1.29, 1.82) is 0 Å². The molecule has 0 aromatic carbocycles. The molecular formula is C17H25N3O2. The molecule has 0 bridgehead atoms. The van der Waals surface area contributed by atoms with Crippen molar-refractivity contribution in [2.24, 2.45) is 5.92 Å². The molecule has 0 aliphatic carbocycles. The minimum atomic E-state index is 0.174. The lowest BCUT2D eigenvalue weighted by molar-refractivity contribution is -0.139. The van der Waals surface area contributed by atoms with Crippen LogP contribution in [0.3, 0.4) is 0 Å². The molecule has 0 N–H and O–H groups in total. The topological polar surface area (TPSA) is 45.7 Å². The van der Waals surface area contributed by atoms with Gasteiger partial charge in [0, 0.05) is 44.7 Å². The van der Waals surface area contributed by atoms with E-state index >= 15 is 0 Å². The van der Waals surface area contributed by atoms with Crippen molar-refractivity contribution in [1.82, 2.24) is 14.8 Å². The van der Waals surface area contributed by atoms with Gasteiger partial charge in [-0.15, -0.1) is 0 Å². The van der Waals surface area contributed by atoms with E-state index in [0.717, 1.165) is 51.9 Å². The number of piperidine rings is 2. The van der Waals surface area contributed by atoms with Gasteiger partial charge < -0.3 is 14.5 Å². The standard InChI is InChI=1S/C17H25N3O2/c1-19-10-4-5-14(13-19)17(21)20-11-7-15(8-12-20)22-16-6-2-3-9-18-16/h2-3,6,9,14-15H,4-5,7-8,10-13H2,1H3. The molecule has 2 saturated heterocycles. The zero-order valence-electron chi connectivity index (χ0n) is 13.3. The van der Waals surface area contributed by atoms with Crippen LogP contribution < -0.4 is 4.74 Å². The molecule has 1 amide bonds. The minimum absolute atomic E-state index is 0.174. The Bertz CT molecular complexity index is 486. The van der Waals surface area contributed by atoms with E-state index in [0.29, 0.717) is 11.8 Å². The normalized spacial score (nSPS) is 24.2. The highest BCUT2D eigenvalue weighted by atomic mass is 16.5. The van der Waals surface area contributed by atoms with Gasteiger partial charge in [-0.2, -0.15) is 0 Å². The zero-order valence-corrected chi connectivity index (χ0v) is 13.3. The van der Waals surface area contributed by atoms with Gasteiger partial charge in [-0.05, 0) is 32.5 Å². The Balaban J connectivity index is 1.48. The third-order valence-corrected chi connectivity index (χ3v) is 4.65. The highest BCUT2D eigenvalue weighted by molar-refractivity contribution is 5.79. The fourth-order valence-corrected chi connectivity index (χ4v) is 3.41. The van der Waals surface area contributed by atoms with Crippen LogP contribution in [0.5, 0.6) is 5.88 Å². The first-order chi connectivity index (χ1) is 10.7. The molecule has 3 rings (SSSR count). The van der Waals surface area contributed by atoms with Crippen LogP contribution in [0.2, 0.25) is 0 Å². The van der Waals surface area contributed by atoms with Crippen LogP contribution in [-0.4, -0.2) is 60.0 Å². The van der Waals surface area contributed by atoms with Gasteiger partial charge in [0.15, 0.2) is 0 Å². The molecule has 1 atom stereocenters. The second kappa shape index (κ2) is 7.09. The SMILES string of the molecule is CN1CCCC(C(=O)N2CCC(Oc3ccccn3)CC2)C1. The monoisotopic (exact) mass is 303 g/mol. The number of aromatic nitrogens is 1. The molecule has 2 aliphatic rings. The first-order valence-electron chi connectivity index (χ1n) is 8.27. The summed E-state index contributed by atoms with van der Waals surface area (Å²) in [6, 6.07) is 5.70. The first kappa shape index (κ1) is 15.3. The average Bonchev–Trinajstić information content (AvgIpc) is 2.56. The van der Waals surface area contributed by atoms with Crippen molar-refractivity contribution in [3.05, 3.63) is 24.4 Å². The van der Waals surface area contributed by atoms with Crippen LogP contribution in [0.1, 0.15) is 25.7 Å². The van der Waals surface area contributed by atoms with Gasteiger partial charge in [0.1, 0.15) is 6.10 Å². The van der Waals surface area contributed by atoms with Crippen LogP contribution >= 0.6 is 0 Å². The molecule has 0 saturated carbocycles. The number of ether oxygens (including phenoxy) is 1. The smallest absolute Gasteiger partial charge is 0.226 e. The number of pyridine rings is 1. The van der Waals surface area contributed by atoms with Crippen molar-refractivity contribution < 1.29 is 9.53 Å². The number of carbonyl (C=O) groups excluding carboxylic acids is 1. The van der Waals surface area contributed by atoms with E-state index in [2.05, 4.69) is 16.9 Å². The van der Waals surface area contributed by atoms with Crippen LogP contribution in [0.25, 0.3) is 0 Å². The van der Waals surface area contributed by atoms with Crippen LogP contribution in [-0.2, 0) is 4.79 Å². The molecule has 2 fully saturated rings. The van der Waals surface area contributed by atoms with Crippen molar-refractivity contribution in [3.63, 3.8) is 0 Å². The number of nitrogens with zero attached hydrogens (tertiary/aromatic N) is 3. The predicted molar refractivity (Wildman–Crippen MR) is 84.7 cm³/mol. The third-order valence-electron chi connectivity index (χ3n) is 4.65. The fourth-order valence-electron chi connectivity index (χ4n) is 3.41. The van der Waals surface area contributed by atoms with Gasteiger partial charge in [-0.25, -0.2) is 4.98 Å². The summed E-state index contributed by atoms with van der Waals surface area (Å²) in [5.74, 6) is 1.20. The second-order valence-corrected chi connectivity index (χ2v) is 6.41. The van der Waals surface area contributed by atoms with Gasteiger partial charge in [-0.1, -0.05) is 6.07 Å². The van der Waals surface area contributed by atoms with E-state index in [1.165, 1.54) is 0 Å². The molecule has 5 nitrogen and oxygen atoms in total. The van der Waals surface area contributed by atoms with E-state index in [1.807, 2.05) is 23.1 Å². The maximum Gasteiger partial charge on any atom is 0.226 e. The number of carbonyl (C=O) groups is 1. The molecule has 1 unspecified atom stereocenters. The van der Waals surface area contributed by atoms with E-state index < -0.39 is 0 Å². The zero-order chi connectivity index (χ0) is 15.4. The summed E-state index contributed by atoms with van der Waals surface area (Å²) in [7, 11) is 2.10. The van der Waals surface area contributed by atoms with E-state index in [-0.39, 0.29) is 12.0 Å². The lowest BCUT2D eigenvalue weighted by Gasteiger charge is -2.36. The fraction of sp³-hybridized carbons (Fsp3) is 0.647. The molecule has 0 spiro atoms. The summed E-state index contributed by atoms with van der Waals surface area (Å²) in [5, 5.41) is 0. The van der Waals surface area contributed by atoms with Crippen molar-refractivity contribution in [2.75, 3.05) is 33.2 Å². The van der Waals surface area contributed by atoms with Gasteiger partial charge in [0.2, 0.25) is 11.8 Å². The Morgan fingerprint density at radius 2 is 2.05 bits per heavy atom. The average molecular weight is 303 g/mol. The van der Waals surface area contributed by atoms with Crippen molar-refractivity contribution in [3.8, 4) is 5.88 Å². The molecule has 120 valence electrons. The maximum atomic E-state index is 12.6. The van der Waals surface area contributed by atoms with Gasteiger partial charge in [-0.3, -0.25) is 4.79 Å². The summed E-state index contributed by atoms with van der Waals surface area (Å²) in [6.07, 6.45) is 5.87. The largest absolute Gasteiger partial charge is 0.474 e. The Hall–Kier alpha value is -1.62. The molecule has 0 radical (unpaired) electrons. The van der Waals surface area contributed by atoms with Crippen LogP contribution in [0.15, 0.2) is 24.4 Å². The number of amides is 1. The summed E-state index contributed by atoms with van der Waals surface area (Å²) in [5.41, 5.74) is 0. The lowest BCUT2D eigenvalue weighted by Crippen LogP contribution is -2.47. The summed E-state index contributed by atoms with van der Waals surface area (Å²) in [6.45, 7) is 3.63. The molecule has 1 aromatic heterocycles. The highest BCUT2D eigenvalue weighted by Crippen LogP contribution is 2.22. The number of likely N-dealkylation sites (tertiary alicyclic amines) is 2. The van der Waals surface area contributed by atoms with Gasteiger partial charge >= 0.3 is 0 Å². The first-order valence-corrected chi connectivity index (χ1v) is 8.27. The third kappa shape index (κ3) is 3.77. The van der Waals surface area contributed by atoms with Gasteiger partial charge in [0.05, 0.1) is 5.92 Å². The minimum Gasteiger partial charge on any atom is -0.474 e. The Morgan fingerprint density at radius 3 is 2.73 bits per heavy atom.